The molecule has 3 rings (SSSR count). The van der Waals surface area contributed by atoms with Crippen LogP contribution in [0, 0.1) is 6.92 Å². The van der Waals surface area contributed by atoms with Crippen molar-refractivity contribution in [2.24, 2.45) is 0 Å². The number of thioether (sulfide) groups is 1. The van der Waals surface area contributed by atoms with Crippen LogP contribution in [0.15, 0.2) is 34.2 Å². The SMILES string of the molecule is CCC(Sc1nc2c(c(=O)[nH]1)CCC2)C(=O)Nc1ccc(C)cc1. The maximum Gasteiger partial charge on any atom is 0.254 e. The van der Waals surface area contributed by atoms with Crippen molar-refractivity contribution in [3.8, 4) is 0 Å². The third kappa shape index (κ3) is 3.70. The number of carbonyl (C=O) groups is 1. The van der Waals surface area contributed by atoms with Gasteiger partial charge in [0.15, 0.2) is 5.16 Å². The predicted octanol–water partition coefficient (Wildman–Crippen LogP) is 3.08. The van der Waals surface area contributed by atoms with Crippen LogP contribution in [-0.2, 0) is 17.6 Å². The van der Waals surface area contributed by atoms with Crippen molar-refractivity contribution in [2.45, 2.75) is 49.9 Å². The van der Waals surface area contributed by atoms with E-state index >= 15 is 0 Å². The van der Waals surface area contributed by atoms with Crippen molar-refractivity contribution in [1.29, 1.82) is 0 Å². The van der Waals surface area contributed by atoms with Crippen LogP contribution in [0.25, 0.3) is 0 Å². The van der Waals surface area contributed by atoms with Gasteiger partial charge in [-0.2, -0.15) is 0 Å². The van der Waals surface area contributed by atoms with Gasteiger partial charge >= 0.3 is 0 Å². The van der Waals surface area contributed by atoms with Crippen molar-refractivity contribution in [3.63, 3.8) is 0 Å². The molecule has 0 fully saturated rings. The average Bonchev–Trinajstić information content (AvgIpc) is 3.03. The van der Waals surface area contributed by atoms with E-state index in [1.54, 1.807) is 0 Å². The van der Waals surface area contributed by atoms with Gasteiger partial charge in [-0.1, -0.05) is 36.4 Å². The van der Waals surface area contributed by atoms with Gasteiger partial charge in [0.1, 0.15) is 0 Å². The molecule has 1 aliphatic carbocycles. The highest BCUT2D eigenvalue weighted by Gasteiger charge is 2.22. The molecule has 2 aromatic rings. The van der Waals surface area contributed by atoms with Gasteiger partial charge in [-0.3, -0.25) is 9.59 Å². The lowest BCUT2D eigenvalue weighted by Crippen LogP contribution is -2.25. The first-order valence-electron chi connectivity index (χ1n) is 8.23. The van der Waals surface area contributed by atoms with Crippen LogP contribution in [0.2, 0.25) is 0 Å². The summed E-state index contributed by atoms with van der Waals surface area (Å²) in [5.41, 5.74) is 3.55. The summed E-state index contributed by atoms with van der Waals surface area (Å²) in [6.07, 6.45) is 3.28. The smallest absolute Gasteiger partial charge is 0.254 e. The zero-order chi connectivity index (χ0) is 17.1. The first-order chi connectivity index (χ1) is 11.6. The molecular formula is C18H21N3O2S. The first-order valence-corrected chi connectivity index (χ1v) is 9.11. The van der Waals surface area contributed by atoms with Crippen LogP contribution in [-0.4, -0.2) is 21.1 Å². The molecule has 1 heterocycles. The molecule has 0 saturated heterocycles. The van der Waals surface area contributed by atoms with Gasteiger partial charge in [0.05, 0.1) is 10.9 Å². The number of hydrogen-bond donors (Lipinski definition) is 2. The molecule has 1 aliphatic rings. The molecule has 6 heteroatoms. The predicted molar refractivity (Wildman–Crippen MR) is 96.6 cm³/mol. The van der Waals surface area contributed by atoms with Gasteiger partial charge in [0.2, 0.25) is 5.91 Å². The zero-order valence-electron chi connectivity index (χ0n) is 13.9. The van der Waals surface area contributed by atoms with Gasteiger partial charge in [0.25, 0.3) is 5.56 Å². The molecule has 24 heavy (non-hydrogen) atoms. The molecular weight excluding hydrogens is 322 g/mol. The Labute approximate surface area is 145 Å². The van der Waals surface area contributed by atoms with E-state index in [1.807, 2.05) is 38.1 Å². The van der Waals surface area contributed by atoms with Gasteiger partial charge in [-0.05, 0) is 44.7 Å². The molecule has 5 nitrogen and oxygen atoms in total. The summed E-state index contributed by atoms with van der Waals surface area (Å²) < 4.78 is 0. The number of aromatic amines is 1. The second kappa shape index (κ2) is 7.21. The number of carbonyl (C=O) groups excluding carboxylic acids is 1. The van der Waals surface area contributed by atoms with Crippen LogP contribution >= 0.6 is 11.8 Å². The maximum atomic E-state index is 12.5. The van der Waals surface area contributed by atoms with Crippen LogP contribution < -0.4 is 10.9 Å². The van der Waals surface area contributed by atoms with Gasteiger partial charge < -0.3 is 10.3 Å². The minimum absolute atomic E-state index is 0.0613. The summed E-state index contributed by atoms with van der Waals surface area (Å²) in [7, 11) is 0. The van der Waals surface area contributed by atoms with Gasteiger partial charge in [-0.25, -0.2) is 4.98 Å². The molecule has 0 aliphatic heterocycles. The normalized spacial score (nSPS) is 14.2. The number of aryl methyl sites for hydroxylation is 2. The van der Waals surface area contributed by atoms with Crippen LogP contribution in [0.4, 0.5) is 5.69 Å². The average molecular weight is 343 g/mol. The fourth-order valence-electron chi connectivity index (χ4n) is 2.79. The number of H-pyrrole nitrogens is 1. The zero-order valence-corrected chi connectivity index (χ0v) is 14.7. The Kier molecular flexibility index (Phi) is 5.04. The standard InChI is InChI=1S/C18H21N3O2S/c1-3-15(17(23)19-12-9-7-11(2)8-10-12)24-18-20-14-6-4-5-13(14)16(22)21-18/h7-10,15H,3-6H2,1-2H3,(H,19,23)(H,20,21,22). The summed E-state index contributed by atoms with van der Waals surface area (Å²) in [6.45, 7) is 3.96. The Bertz CT molecular complexity index is 799. The molecule has 2 N–H and O–H groups in total. The van der Waals surface area contributed by atoms with E-state index in [-0.39, 0.29) is 16.7 Å². The molecule has 0 saturated carbocycles. The Morgan fingerprint density at radius 3 is 2.79 bits per heavy atom. The van der Waals surface area contributed by atoms with E-state index in [4.69, 9.17) is 0 Å². The second-order valence-corrected chi connectivity index (χ2v) is 7.21. The van der Waals surface area contributed by atoms with Crippen molar-refractivity contribution in [1.82, 2.24) is 9.97 Å². The summed E-state index contributed by atoms with van der Waals surface area (Å²) >= 11 is 1.32. The van der Waals surface area contributed by atoms with Crippen molar-refractivity contribution in [2.75, 3.05) is 5.32 Å². The van der Waals surface area contributed by atoms with Crippen LogP contribution in [0.5, 0.6) is 0 Å². The Balaban J connectivity index is 1.72. The monoisotopic (exact) mass is 343 g/mol. The van der Waals surface area contributed by atoms with E-state index in [0.717, 1.165) is 41.8 Å². The lowest BCUT2D eigenvalue weighted by atomic mass is 10.2. The van der Waals surface area contributed by atoms with Crippen LogP contribution in [0.1, 0.15) is 36.6 Å². The Morgan fingerprint density at radius 2 is 2.08 bits per heavy atom. The van der Waals surface area contributed by atoms with Crippen molar-refractivity contribution in [3.05, 3.63) is 51.4 Å². The number of anilines is 1. The van der Waals surface area contributed by atoms with Crippen LogP contribution in [0.3, 0.4) is 0 Å². The second-order valence-electron chi connectivity index (χ2n) is 6.02. The summed E-state index contributed by atoms with van der Waals surface area (Å²) in [5.74, 6) is -0.0745. The number of aromatic nitrogens is 2. The summed E-state index contributed by atoms with van der Waals surface area (Å²) in [5, 5.41) is 3.16. The number of benzene rings is 1. The van der Waals surface area contributed by atoms with E-state index in [9.17, 15) is 9.59 Å². The van der Waals surface area contributed by atoms with E-state index in [1.165, 1.54) is 11.8 Å². The van der Waals surface area contributed by atoms with Gasteiger partial charge in [0, 0.05) is 11.3 Å². The Morgan fingerprint density at radius 1 is 1.33 bits per heavy atom. The third-order valence-electron chi connectivity index (χ3n) is 4.16. The summed E-state index contributed by atoms with van der Waals surface area (Å²) in [6, 6.07) is 7.70. The highest BCUT2D eigenvalue weighted by atomic mass is 32.2. The molecule has 1 aromatic heterocycles. The van der Waals surface area contributed by atoms with E-state index < -0.39 is 0 Å². The topological polar surface area (TPSA) is 74.8 Å². The minimum Gasteiger partial charge on any atom is -0.325 e. The molecule has 0 radical (unpaired) electrons. The number of amides is 1. The van der Waals surface area contributed by atoms with Gasteiger partial charge in [-0.15, -0.1) is 0 Å². The number of nitrogens with one attached hydrogen (secondary N) is 2. The lowest BCUT2D eigenvalue weighted by Gasteiger charge is -2.14. The summed E-state index contributed by atoms with van der Waals surface area (Å²) in [4.78, 5) is 31.9. The highest BCUT2D eigenvalue weighted by Crippen LogP contribution is 2.25. The first kappa shape index (κ1) is 16.8. The lowest BCUT2D eigenvalue weighted by molar-refractivity contribution is -0.115. The molecule has 1 unspecified atom stereocenters. The largest absolute Gasteiger partial charge is 0.325 e. The number of rotatable bonds is 5. The third-order valence-corrected chi connectivity index (χ3v) is 5.40. The van der Waals surface area contributed by atoms with E-state index in [2.05, 4.69) is 15.3 Å². The highest BCUT2D eigenvalue weighted by molar-refractivity contribution is 8.00. The maximum absolute atomic E-state index is 12.5. The molecule has 1 aromatic carbocycles. The quantitative estimate of drug-likeness (QED) is 0.646. The van der Waals surface area contributed by atoms with Crippen molar-refractivity contribution < 1.29 is 4.79 Å². The Hall–Kier alpha value is -2.08. The molecule has 126 valence electrons. The van der Waals surface area contributed by atoms with E-state index in [0.29, 0.717) is 11.6 Å². The molecule has 1 amide bonds. The molecule has 0 spiro atoms. The van der Waals surface area contributed by atoms with Crippen molar-refractivity contribution >= 4 is 23.4 Å². The molecule has 1 atom stereocenters. The fourth-order valence-corrected chi connectivity index (χ4v) is 3.71. The number of fused-ring (bicyclic) bond motifs is 1. The molecule has 0 bridgehead atoms. The fraction of sp³-hybridized carbons (Fsp3) is 0.389. The minimum atomic E-state index is -0.297. The number of nitrogens with zero attached hydrogens (tertiary/aromatic N) is 1. The number of hydrogen-bond acceptors (Lipinski definition) is 4.